The molecule has 4 nitrogen and oxygen atoms in total. The van der Waals surface area contributed by atoms with Gasteiger partial charge in [-0.25, -0.2) is 0 Å². The van der Waals surface area contributed by atoms with Crippen molar-refractivity contribution in [3.8, 4) is 6.07 Å². The number of hydrogen-bond acceptors (Lipinski definition) is 3. The lowest BCUT2D eigenvalue weighted by Crippen LogP contribution is -2.38. The molecule has 0 aromatic heterocycles. The van der Waals surface area contributed by atoms with Crippen LogP contribution < -0.4 is 0 Å². The molecule has 1 atom stereocenters. The highest BCUT2D eigenvalue weighted by Gasteiger charge is 2.26. The third-order valence-corrected chi connectivity index (χ3v) is 3.60. The number of carbonyl (C=O) groups excluding carboxylic acids is 1. The van der Waals surface area contributed by atoms with Crippen molar-refractivity contribution in [3.63, 3.8) is 0 Å². The van der Waals surface area contributed by atoms with Crippen LogP contribution in [0.1, 0.15) is 26.7 Å². The van der Waals surface area contributed by atoms with Crippen molar-refractivity contribution in [2.24, 2.45) is 11.8 Å². The van der Waals surface area contributed by atoms with Crippen molar-refractivity contribution >= 4 is 5.91 Å². The first-order valence-electron chi connectivity index (χ1n) is 6.38. The van der Waals surface area contributed by atoms with Crippen LogP contribution in [0.4, 0.5) is 0 Å². The van der Waals surface area contributed by atoms with Crippen LogP contribution in [-0.2, 0) is 4.79 Å². The maximum absolute atomic E-state index is 11.9. The molecule has 0 radical (unpaired) electrons. The number of likely N-dealkylation sites (tertiary alicyclic amines) is 1. The van der Waals surface area contributed by atoms with Gasteiger partial charge in [0.15, 0.2) is 0 Å². The highest BCUT2D eigenvalue weighted by atomic mass is 16.2. The van der Waals surface area contributed by atoms with Crippen LogP contribution in [0, 0.1) is 23.2 Å². The number of hydrogen-bond donors (Lipinski definition) is 0. The summed E-state index contributed by atoms with van der Waals surface area (Å²) in [6, 6.07) is 2.06. The first kappa shape index (κ1) is 14.0. The standard InChI is InChI=1S/C13H23N3O/c1-11(2)12-5-8-16(9-12)10-13(17)15(3)7-4-6-14/h11-12H,4-5,7-10H2,1-3H3. The van der Waals surface area contributed by atoms with E-state index >= 15 is 0 Å². The number of rotatable bonds is 5. The van der Waals surface area contributed by atoms with E-state index in [-0.39, 0.29) is 5.91 Å². The normalized spacial score (nSPS) is 20.5. The van der Waals surface area contributed by atoms with E-state index in [0.717, 1.165) is 19.0 Å². The van der Waals surface area contributed by atoms with Gasteiger partial charge in [-0.2, -0.15) is 5.26 Å². The molecule has 1 aliphatic rings. The summed E-state index contributed by atoms with van der Waals surface area (Å²) in [5.41, 5.74) is 0. The van der Waals surface area contributed by atoms with Crippen LogP contribution in [0.25, 0.3) is 0 Å². The number of nitriles is 1. The van der Waals surface area contributed by atoms with Crippen LogP contribution >= 0.6 is 0 Å². The molecule has 0 bridgehead atoms. The van der Waals surface area contributed by atoms with Gasteiger partial charge in [-0.1, -0.05) is 13.8 Å². The van der Waals surface area contributed by atoms with Crippen molar-refractivity contribution in [3.05, 3.63) is 0 Å². The molecular formula is C13H23N3O. The van der Waals surface area contributed by atoms with Gasteiger partial charge in [0.2, 0.25) is 5.91 Å². The predicted octanol–water partition coefficient (Wildman–Crippen LogP) is 1.34. The highest BCUT2D eigenvalue weighted by Crippen LogP contribution is 2.23. The lowest BCUT2D eigenvalue weighted by Gasteiger charge is -2.21. The van der Waals surface area contributed by atoms with E-state index in [0.29, 0.717) is 25.4 Å². The fourth-order valence-electron chi connectivity index (χ4n) is 2.20. The van der Waals surface area contributed by atoms with E-state index in [9.17, 15) is 4.79 Å². The number of nitrogens with zero attached hydrogens (tertiary/aromatic N) is 3. The van der Waals surface area contributed by atoms with Crippen molar-refractivity contribution in [1.82, 2.24) is 9.80 Å². The van der Waals surface area contributed by atoms with Gasteiger partial charge in [0.1, 0.15) is 0 Å². The Labute approximate surface area is 104 Å². The molecule has 0 aromatic rings. The molecule has 0 N–H and O–H groups in total. The third kappa shape index (κ3) is 4.35. The van der Waals surface area contributed by atoms with Crippen molar-refractivity contribution in [1.29, 1.82) is 5.26 Å². The highest BCUT2D eigenvalue weighted by molar-refractivity contribution is 5.78. The molecule has 0 aliphatic carbocycles. The Balaban J connectivity index is 2.30. The van der Waals surface area contributed by atoms with Gasteiger partial charge in [0.25, 0.3) is 0 Å². The monoisotopic (exact) mass is 237 g/mol. The zero-order valence-corrected chi connectivity index (χ0v) is 11.1. The molecule has 4 heteroatoms. The molecule has 1 unspecified atom stereocenters. The maximum Gasteiger partial charge on any atom is 0.236 e. The lowest BCUT2D eigenvalue weighted by atomic mass is 9.95. The third-order valence-electron chi connectivity index (χ3n) is 3.60. The molecular weight excluding hydrogens is 214 g/mol. The van der Waals surface area contributed by atoms with Gasteiger partial charge in [-0.05, 0) is 24.8 Å². The smallest absolute Gasteiger partial charge is 0.236 e. The van der Waals surface area contributed by atoms with Crippen LogP contribution in [0.15, 0.2) is 0 Å². The van der Waals surface area contributed by atoms with Crippen molar-refractivity contribution < 1.29 is 4.79 Å². The molecule has 0 spiro atoms. The SMILES string of the molecule is CC(C)C1CCN(CC(=O)N(C)CCC#N)C1. The molecule has 1 heterocycles. The quantitative estimate of drug-likeness (QED) is 0.725. The summed E-state index contributed by atoms with van der Waals surface area (Å²) in [5.74, 6) is 1.56. The van der Waals surface area contributed by atoms with Crippen molar-refractivity contribution in [2.75, 3.05) is 33.2 Å². The Kier molecular flexibility index (Phi) is 5.43. The van der Waals surface area contributed by atoms with Crippen LogP contribution in [-0.4, -0.2) is 48.9 Å². The summed E-state index contributed by atoms with van der Waals surface area (Å²) in [4.78, 5) is 15.7. The molecule has 1 rings (SSSR count). The van der Waals surface area contributed by atoms with Crippen LogP contribution in [0.3, 0.4) is 0 Å². The molecule has 1 aliphatic heterocycles. The number of likely N-dealkylation sites (N-methyl/N-ethyl adjacent to an activating group) is 1. The second-order valence-electron chi connectivity index (χ2n) is 5.25. The average Bonchev–Trinajstić information content (AvgIpc) is 2.74. The zero-order chi connectivity index (χ0) is 12.8. The van der Waals surface area contributed by atoms with Gasteiger partial charge < -0.3 is 4.90 Å². The minimum atomic E-state index is 0.129. The maximum atomic E-state index is 11.9. The fourth-order valence-corrected chi connectivity index (χ4v) is 2.20. The largest absolute Gasteiger partial charge is 0.344 e. The van der Waals surface area contributed by atoms with E-state index in [1.807, 2.05) is 0 Å². The molecule has 1 amide bonds. The van der Waals surface area contributed by atoms with Crippen molar-refractivity contribution in [2.45, 2.75) is 26.7 Å². The van der Waals surface area contributed by atoms with E-state index < -0.39 is 0 Å². The van der Waals surface area contributed by atoms with Gasteiger partial charge in [0.05, 0.1) is 19.0 Å². The molecule has 96 valence electrons. The summed E-state index contributed by atoms with van der Waals surface area (Å²) in [5, 5.41) is 8.48. The van der Waals surface area contributed by atoms with E-state index in [1.165, 1.54) is 6.42 Å². The Hall–Kier alpha value is -1.08. The summed E-state index contributed by atoms with van der Waals surface area (Å²) in [6.07, 6.45) is 1.61. The second kappa shape index (κ2) is 6.61. The molecule has 17 heavy (non-hydrogen) atoms. The summed E-state index contributed by atoms with van der Waals surface area (Å²) in [7, 11) is 1.77. The minimum Gasteiger partial charge on any atom is -0.344 e. The van der Waals surface area contributed by atoms with Gasteiger partial charge in [-0.3, -0.25) is 9.69 Å². The number of carbonyl (C=O) groups is 1. The fraction of sp³-hybridized carbons (Fsp3) is 0.846. The Morgan fingerprint density at radius 1 is 1.59 bits per heavy atom. The van der Waals surface area contributed by atoms with Gasteiger partial charge >= 0.3 is 0 Å². The summed E-state index contributed by atoms with van der Waals surface area (Å²) >= 11 is 0. The Morgan fingerprint density at radius 2 is 2.29 bits per heavy atom. The lowest BCUT2D eigenvalue weighted by molar-refractivity contribution is -0.130. The van der Waals surface area contributed by atoms with Crippen LogP contribution in [0.5, 0.6) is 0 Å². The Morgan fingerprint density at radius 3 is 2.82 bits per heavy atom. The molecule has 0 aromatic carbocycles. The van der Waals surface area contributed by atoms with E-state index in [1.54, 1.807) is 11.9 Å². The van der Waals surface area contributed by atoms with E-state index in [4.69, 9.17) is 5.26 Å². The Bertz CT molecular complexity index is 296. The molecule has 1 saturated heterocycles. The summed E-state index contributed by atoms with van der Waals surface area (Å²) in [6.45, 7) is 7.60. The molecule has 0 saturated carbocycles. The van der Waals surface area contributed by atoms with Crippen LogP contribution in [0.2, 0.25) is 0 Å². The van der Waals surface area contributed by atoms with E-state index in [2.05, 4.69) is 24.8 Å². The predicted molar refractivity (Wildman–Crippen MR) is 67.3 cm³/mol. The minimum absolute atomic E-state index is 0.129. The first-order chi connectivity index (χ1) is 8.04. The topological polar surface area (TPSA) is 47.3 Å². The van der Waals surface area contributed by atoms with Gasteiger partial charge in [0, 0.05) is 20.1 Å². The number of amides is 1. The molecule has 1 fully saturated rings. The average molecular weight is 237 g/mol. The summed E-state index contributed by atoms with van der Waals surface area (Å²) < 4.78 is 0. The second-order valence-corrected chi connectivity index (χ2v) is 5.25. The zero-order valence-electron chi connectivity index (χ0n) is 11.1. The first-order valence-corrected chi connectivity index (χ1v) is 6.38. The van der Waals surface area contributed by atoms with Gasteiger partial charge in [-0.15, -0.1) is 0 Å².